The molecule has 0 heterocycles. The van der Waals surface area contributed by atoms with Gasteiger partial charge in [-0.25, -0.2) is 9.59 Å². The summed E-state index contributed by atoms with van der Waals surface area (Å²) in [6.07, 6.45) is 0. The van der Waals surface area contributed by atoms with Crippen molar-refractivity contribution in [1.82, 2.24) is 5.32 Å². The highest BCUT2D eigenvalue weighted by Crippen LogP contribution is 2.22. The second-order valence-corrected chi connectivity index (χ2v) is 6.67. The molecule has 0 atom stereocenters. The van der Waals surface area contributed by atoms with Crippen LogP contribution < -0.4 is 5.32 Å². The normalized spacial score (nSPS) is 10.2. The summed E-state index contributed by atoms with van der Waals surface area (Å²) in [5, 5.41) is 12.0. The van der Waals surface area contributed by atoms with Gasteiger partial charge in [0.15, 0.2) is 6.61 Å². The van der Waals surface area contributed by atoms with Crippen LogP contribution in [0.4, 0.5) is 0 Å². The lowest BCUT2D eigenvalue weighted by atomic mass is 10.0. The lowest BCUT2D eigenvalue weighted by molar-refractivity contribution is -0.124. The van der Waals surface area contributed by atoms with Crippen molar-refractivity contribution in [3.8, 4) is 16.9 Å². The second kappa shape index (κ2) is 10.1. The number of carbonyl (C=O) groups is 3. The molecule has 0 bridgehead atoms. The van der Waals surface area contributed by atoms with Gasteiger partial charge in [-0.15, -0.1) is 0 Å². The summed E-state index contributed by atoms with van der Waals surface area (Å²) >= 11 is 0. The maximum atomic E-state index is 12.2. The molecule has 0 saturated heterocycles. The van der Waals surface area contributed by atoms with Gasteiger partial charge in [0, 0.05) is 6.54 Å². The summed E-state index contributed by atoms with van der Waals surface area (Å²) in [6.45, 7) is -0.169. The highest BCUT2D eigenvalue weighted by molar-refractivity contribution is 5.92. The van der Waals surface area contributed by atoms with Crippen LogP contribution in [0.1, 0.15) is 26.3 Å². The number of phenolic OH excluding ortho intramolecular Hbond substituents is 1. The van der Waals surface area contributed by atoms with Crippen LogP contribution in [0.3, 0.4) is 0 Å². The smallest absolute Gasteiger partial charge is 0.338 e. The van der Waals surface area contributed by atoms with E-state index in [9.17, 15) is 19.5 Å². The molecule has 1 amide bonds. The van der Waals surface area contributed by atoms with E-state index in [-0.39, 0.29) is 12.3 Å². The molecular weight excluding hydrogens is 398 g/mol. The topological polar surface area (TPSA) is 102 Å². The summed E-state index contributed by atoms with van der Waals surface area (Å²) in [5.74, 6) is -1.29. The summed E-state index contributed by atoms with van der Waals surface area (Å²) in [4.78, 5) is 35.5. The van der Waals surface area contributed by atoms with Crippen LogP contribution in [0.5, 0.6) is 5.75 Å². The Morgan fingerprint density at radius 3 is 1.87 bits per heavy atom. The molecule has 7 heteroatoms. The number of ether oxygens (including phenoxy) is 2. The van der Waals surface area contributed by atoms with Crippen LogP contribution in [0.25, 0.3) is 11.1 Å². The molecule has 7 nitrogen and oxygen atoms in total. The van der Waals surface area contributed by atoms with E-state index < -0.39 is 24.5 Å². The molecular formula is C24H21NO6. The lowest BCUT2D eigenvalue weighted by Crippen LogP contribution is -2.28. The van der Waals surface area contributed by atoms with E-state index in [4.69, 9.17) is 4.74 Å². The molecule has 0 aliphatic rings. The summed E-state index contributed by atoms with van der Waals surface area (Å²) in [7, 11) is 1.31. The molecule has 3 rings (SSSR count). The van der Waals surface area contributed by atoms with Crippen molar-refractivity contribution in [1.29, 1.82) is 0 Å². The zero-order valence-corrected chi connectivity index (χ0v) is 16.8. The van der Waals surface area contributed by atoms with Crippen molar-refractivity contribution in [2.24, 2.45) is 0 Å². The van der Waals surface area contributed by atoms with Crippen molar-refractivity contribution in [3.05, 3.63) is 89.5 Å². The third kappa shape index (κ3) is 5.93. The van der Waals surface area contributed by atoms with Crippen molar-refractivity contribution < 1.29 is 29.0 Å². The lowest BCUT2D eigenvalue weighted by Gasteiger charge is -2.08. The number of aromatic hydroxyl groups is 1. The van der Waals surface area contributed by atoms with E-state index in [0.717, 1.165) is 16.7 Å². The quantitative estimate of drug-likeness (QED) is 0.570. The molecule has 0 aliphatic carbocycles. The molecule has 2 N–H and O–H groups in total. The van der Waals surface area contributed by atoms with Crippen molar-refractivity contribution in [3.63, 3.8) is 0 Å². The van der Waals surface area contributed by atoms with Crippen molar-refractivity contribution in [2.45, 2.75) is 6.54 Å². The first-order valence-corrected chi connectivity index (χ1v) is 9.47. The average molecular weight is 419 g/mol. The van der Waals surface area contributed by atoms with Gasteiger partial charge in [-0.1, -0.05) is 36.4 Å². The van der Waals surface area contributed by atoms with E-state index in [1.807, 2.05) is 0 Å². The Bertz CT molecular complexity index is 1060. The zero-order valence-electron chi connectivity index (χ0n) is 16.8. The van der Waals surface area contributed by atoms with Gasteiger partial charge in [0.25, 0.3) is 5.91 Å². The molecule has 0 aromatic heterocycles. The molecule has 0 unspecified atom stereocenters. The van der Waals surface area contributed by atoms with Crippen LogP contribution in [-0.2, 0) is 20.8 Å². The molecule has 31 heavy (non-hydrogen) atoms. The number of hydrogen-bond donors (Lipinski definition) is 2. The van der Waals surface area contributed by atoms with E-state index in [2.05, 4.69) is 10.1 Å². The van der Waals surface area contributed by atoms with E-state index in [1.165, 1.54) is 7.11 Å². The van der Waals surface area contributed by atoms with Gasteiger partial charge in [0.2, 0.25) is 0 Å². The highest BCUT2D eigenvalue weighted by atomic mass is 16.5. The van der Waals surface area contributed by atoms with Gasteiger partial charge in [0.05, 0.1) is 18.2 Å². The number of esters is 2. The van der Waals surface area contributed by atoms with Gasteiger partial charge in [-0.3, -0.25) is 4.79 Å². The number of rotatable bonds is 7. The van der Waals surface area contributed by atoms with Crippen LogP contribution in [0.2, 0.25) is 0 Å². The number of benzene rings is 3. The fourth-order valence-corrected chi connectivity index (χ4v) is 2.80. The standard InChI is InChI=1S/C24H21NO6/c1-30-23(28)19-4-2-16(3-5-19)14-25-22(27)15-31-24(29)20-8-6-17(7-9-20)18-10-12-21(26)13-11-18/h2-13,26H,14-15H2,1H3,(H,25,27). The van der Waals surface area contributed by atoms with Gasteiger partial charge >= 0.3 is 11.9 Å². The number of hydrogen-bond acceptors (Lipinski definition) is 6. The Kier molecular flexibility index (Phi) is 7.01. The predicted molar refractivity (Wildman–Crippen MR) is 113 cm³/mol. The Balaban J connectivity index is 1.47. The SMILES string of the molecule is COC(=O)c1ccc(CNC(=O)COC(=O)c2ccc(-c3ccc(O)cc3)cc2)cc1. The second-order valence-electron chi connectivity index (χ2n) is 6.67. The largest absolute Gasteiger partial charge is 0.508 e. The average Bonchev–Trinajstić information content (AvgIpc) is 2.81. The predicted octanol–water partition coefficient (Wildman–Crippen LogP) is 3.32. The summed E-state index contributed by atoms with van der Waals surface area (Å²) in [5.41, 5.74) is 3.32. The third-order valence-corrected chi connectivity index (χ3v) is 4.52. The molecule has 158 valence electrons. The summed E-state index contributed by atoms with van der Waals surface area (Å²) < 4.78 is 9.69. The molecule has 3 aromatic carbocycles. The number of phenols is 1. The molecule has 0 saturated carbocycles. The Morgan fingerprint density at radius 1 is 0.774 bits per heavy atom. The van der Waals surface area contributed by atoms with E-state index in [1.54, 1.807) is 72.8 Å². The minimum absolute atomic E-state index is 0.181. The van der Waals surface area contributed by atoms with Crippen LogP contribution in [0, 0.1) is 0 Å². The molecule has 0 radical (unpaired) electrons. The van der Waals surface area contributed by atoms with Gasteiger partial charge < -0.3 is 19.9 Å². The first kappa shape index (κ1) is 21.6. The molecule has 0 fully saturated rings. The highest BCUT2D eigenvalue weighted by Gasteiger charge is 2.11. The fraction of sp³-hybridized carbons (Fsp3) is 0.125. The van der Waals surface area contributed by atoms with Gasteiger partial charge in [0.1, 0.15) is 5.75 Å². The van der Waals surface area contributed by atoms with Crippen LogP contribution >= 0.6 is 0 Å². The first-order valence-electron chi connectivity index (χ1n) is 9.47. The van der Waals surface area contributed by atoms with Gasteiger partial charge in [-0.2, -0.15) is 0 Å². The Hall–Kier alpha value is -4.13. The molecule has 3 aromatic rings. The zero-order chi connectivity index (χ0) is 22.2. The number of amides is 1. The van der Waals surface area contributed by atoms with E-state index in [0.29, 0.717) is 11.1 Å². The Labute approximate surface area is 179 Å². The minimum atomic E-state index is -0.602. The third-order valence-electron chi connectivity index (χ3n) is 4.52. The minimum Gasteiger partial charge on any atom is -0.508 e. The summed E-state index contributed by atoms with van der Waals surface area (Å²) in [6, 6.07) is 20.1. The van der Waals surface area contributed by atoms with Crippen molar-refractivity contribution >= 4 is 17.8 Å². The molecule has 0 aliphatic heterocycles. The monoisotopic (exact) mass is 419 g/mol. The van der Waals surface area contributed by atoms with Crippen LogP contribution in [0.15, 0.2) is 72.8 Å². The number of carbonyl (C=O) groups excluding carboxylic acids is 3. The van der Waals surface area contributed by atoms with Crippen molar-refractivity contribution in [2.75, 3.05) is 13.7 Å². The van der Waals surface area contributed by atoms with E-state index >= 15 is 0 Å². The first-order chi connectivity index (χ1) is 15.0. The maximum absolute atomic E-state index is 12.2. The number of nitrogens with one attached hydrogen (secondary N) is 1. The van der Waals surface area contributed by atoms with Gasteiger partial charge in [-0.05, 0) is 53.1 Å². The maximum Gasteiger partial charge on any atom is 0.338 e. The van der Waals surface area contributed by atoms with Crippen LogP contribution in [-0.4, -0.2) is 36.7 Å². The fourth-order valence-electron chi connectivity index (χ4n) is 2.80. The Morgan fingerprint density at radius 2 is 1.29 bits per heavy atom. The molecule has 0 spiro atoms. The number of methoxy groups -OCH3 is 1.